The maximum absolute atomic E-state index is 6.11. The van der Waals surface area contributed by atoms with Crippen molar-refractivity contribution < 1.29 is 4.43 Å². The van der Waals surface area contributed by atoms with Crippen LogP contribution in [0.15, 0.2) is 0 Å². The zero-order valence-corrected chi connectivity index (χ0v) is 18.3. The molecule has 0 amide bonds. The number of hydrogen-bond acceptors (Lipinski definition) is 2. The van der Waals surface area contributed by atoms with Crippen LogP contribution in [0, 0.1) is 11.8 Å². The van der Waals surface area contributed by atoms with Crippen LogP contribution in [-0.2, 0) is 4.43 Å². The molecule has 0 rings (SSSR count). The summed E-state index contributed by atoms with van der Waals surface area (Å²) >= 11 is 0. The summed E-state index contributed by atoms with van der Waals surface area (Å²) < 4.78 is 8.83. The molecule has 1 atom stereocenters. The zero-order chi connectivity index (χ0) is 16.2. The summed E-state index contributed by atoms with van der Waals surface area (Å²) in [6.45, 7) is 24.3. The molecule has 0 saturated carbocycles. The summed E-state index contributed by atoms with van der Waals surface area (Å²) in [5.41, 5.74) is 0. The van der Waals surface area contributed by atoms with Crippen molar-refractivity contribution in [3.63, 3.8) is 0 Å². The molecule has 118 valence electrons. The predicted molar refractivity (Wildman–Crippen MR) is 99.7 cm³/mol. The Kier molecular flexibility index (Phi) is 7.46. The van der Waals surface area contributed by atoms with Crippen molar-refractivity contribution in [2.45, 2.75) is 78.4 Å². The highest BCUT2D eigenvalue weighted by atomic mass is 28.4. The van der Waals surface area contributed by atoms with E-state index >= 15 is 0 Å². The van der Waals surface area contributed by atoms with Crippen molar-refractivity contribution in [1.82, 2.24) is 4.23 Å². The minimum Gasteiger partial charge on any atom is -0.404 e. The molecular formula is C15H35NOSi3. The molecule has 0 heterocycles. The van der Waals surface area contributed by atoms with Gasteiger partial charge in [0.15, 0.2) is 8.32 Å². The molecular weight excluding hydrogens is 294 g/mol. The largest absolute Gasteiger partial charge is 0.404 e. The van der Waals surface area contributed by atoms with Gasteiger partial charge in [0.25, 0.3) is 0 Å². The summed E-state index contributed by atoms with van der Waals surface area (Å²) in [5.74, 6) is 6.78. The van der Waals surface area contributed by atoms with Crippen LogP contribution in [0.25, 0.3) is 0 Å². The van der Waals surface area contributed by atoms with E-state index in [2.05, 4.69) is 81.9 Å². The molecule has 0 aliphatic carbocycles. The number of hydrogen-bond donors (Lipinski definition) is 0. The molecule has 0 spiro atoms. The fraction of sp³-hybridized carbons (Fsp3) is 0.867. The molecule has 20 heavy (non-hydrogen) atoms. The third kappa shape index (κ3) is 8.42. The van der Waals surface area contributed by atoms with Crippen molar-refractivity contribution in [1.29, 1.82) is 0 Å². The summed E-state index contributed by atoms with van der Waals surface area (Å²) in [6, 6.07) is 0. The zero-order valence-electron chi connectivity index (χ0n) is 15.3. The van der Waals surface area contributed by atoms with E-state index < -0.39 is 24.8 Å². The second kappa shape index (κ2) is 7.41. The van der Waals surface area contributed by atoms with Gasteiger partial charge in [-0.15, -0.1) is 0 Å². The van der Waals surface area contributed by atoms with Gasteiger partial charge in [-0.2, -0.15) is 0 Å². The SMILES string of the molecule is CCC(C#CCN([Si](C)(C)C)[Si](C)(C)C)O[Si](C)(C)C. The van der Waals surface area contributed by atoms with Crippen LogP contribution in [0.3, 0.4) is 0 Å². The van der Waals surface area contributed by atoms with Crippen molar-refractivity contribution in [3.8, 4) is 11.8 Å². The minimum absolute atomic E-state index is 0.117. The molecule has 0 bridgehead atoms. The van der Waals surface area contributed by atoms with E-state index in [-0.39, 0.29) is 6.10 Å². The molecule has 1 unspecified atom stereocenters. The Morgan fingerprint density at radius 3 is 1.65 bits per heavy atom. The molecule has 0 fully saturated rings. The lowest BCUT2D eigenvalue weighted by Crippen LogP contribution is -2.59. The van der Waals surface area contributed by atoms with E-state index in [0.717, 1.165) is 13.0 Å². The fourth-order valence-electron chi connectivity index (χ4n) is 2.36. The normalized spacial score (nSPS) is 14.9. The van der Waals surface area contributed by atoms with Gasteiger partial charge in [0.2, 0.25) is 0 Å². The van der Waals surface area contributed by atoms with Gasteiger partial charge in [0, 0.05) is 6.54 Å². The smallest absolute Gasteiger partial charge is 0.185 e. The van der Waals surface area contributed by atoms with E-state index in [1.165, 1.54) is 0 Å². The Morgan fingerprint density at radius 2 is 1.35 bits per heavy atom. The molecule has 0 aliphatic heterocycles. The second-order valence-electron chi connectivity index (χ2n) is 8.38. The van der Waals surface area contributed by atoms with Gasteiger partial charge in [-0.05, 0) is 26.1 Å². The summed E-state index contributed by atoms with van der Waals surface area (Å²) in [6.07, 6.45) is 1.10. The average molecular weight is 330 g/mol. The molecule has 0 radical (unpaired) electrons. The lowest BCUT2D eigenvalue weighted by Gasteiger charge is -2.42. The van der Waals surface area contributed by atoms with E-state index in [0.29, 0.717) is 0 Å². The van der Waals surface area contributed by atoms with Gasteiger partial charge < -0.3 is 8.66 Å². The van der Waals surface area contributed by atoms with Crippen molar-refractivity contribution in [3.05, 3.63) is 0 Å². The van der Waals surface area contributed by atoms with Crippen LogP contribution in [0.2, 0.25) is 58.9 Å². The Hall–Kier alpha value is 0.131. The van der Waals surface area contributed by atoms with E-state index in [1.807, 2.05) is 0 Å². The Morgan fingerprint density at radius 1 is 0.900 bits per heavy atom. The van der Waals surface area contributed by atoms with Crippen LogP contribution in [0.1, 0.15) is 13.3 Å². The third-order valence-electron chi connectivity index (χ3n) is 2.99. The third-order valence-corrected chi connectivity index (χ3v) is 11.6. The van der Waals surface area contributed by atoms with Crippen LogP contribution in [0.5, 0.6) is 0 Å². The molecule has 5 heteroatoms. The lowest BCUT2D eigenvalue weighted by atomic mass is 10.3. The quantitative estimate of drug-likeness (QED) is 0.522. The van der Waals surface area contributed by atoms with Crippen LogP contribution in [0.4, 0.5) is 0 Å². The highest BCUT2D eigenvalue weighted by molar-refractivity contribution is 6.89. The van der Waals surface area contributed by atoms with Crippen LogP contribution in [-0.4, -0.2) is 41.7 Å². The van der Waals surface area contributed by atoms with Gasteiger partial charge in [-0.3, -0.25) is 0 Å². The van der Waals surface area contributed by atoms with E-state index in [1.54, 1.807) is 0 Å². The summed E-state index contributed by atoms with van der Waals surface area (Å²) in [7, 11) is -4.07. The van der Waals surface area contributed by atoms with Gasteiger partial charge in [-0.25, -0.2) is 0 Å². The highest BCUT2D eigenvalue weighted by Gasteiger charge is 2.33. The van der Waals surface area contributed by atoms with Gasteiger partial charge in [0.05, 0.1) is 0 Å². The van der Waals surface area contributed by atoms with Crippen LogP contribution < -0.4 is 0 Å². The lowest BCUT2D eigenvalue weighted by molar-refractivity contribution is 0.247. The standard InChI is InChI=1S/C15H35NOSi3/c1-11-15(17-20(8,9)10)13-12-14-16(18(2,3)4)19(5,6)7/h15H,11,14H2,1-10H3. The monoisotopic (exact) mass is 329 g/mol. The van der Waals surface area contributed by atoms with Gasteiger partial charge >= 0.3 is 0 Å². The average Bonchev–Trinajstić information content (AvgIpc) is 2.16. The minimum atomic E-state index is -1.49. The Labute approximate surface area is 130 Å². The Bertz CT molecular complexity index is 339. The molecule has 2 nitrogen and oxygen atoms in total. The first kappa shape index (κ1) is 20.1. The summed E-state index contributed by atoms with van der Waals surface area (Å²) in [4.78, 5) is 0. The topological polar surface area (TPSA) is 12.5 Å². The first-order valence-corrected chi connectivity index (χ1v) is 18.0. The van der Waals surface area contributed by atoms with Gasteiger partial charge in [0.1, 0.15) is 22.6 Å². The molecule has 0 aromatic carbocycles. The maximum atomic E-state index is 6.11. The molecule has 0 aromatic heterocycles. The molecule has 0 N–H and O–H groups in total. The first-order chi connectivity index (χ1) is 8.77. The Balaban J connectivity index is 4.84. The first-order valence-electron chi connectivity index (χ1n) is 7.71. The molecule has 0 aliphatic rings. The molecule has 0 aromatic rings. The molecule has 0 saturated heterocycles. The van der Waals surface area contributed by atoms with E-state index in [4.69, 9.17) is 4.43 Å². The summed E-state index contributed by atoms with van der Waals surface area (Å²) in [5, 5.41) is 0. The van der Waals surface area contributed by atoms with Crippen molar-refractivity contribution in [2.75, 3.05) is 6.54 Å². The maximum Gasteiger partial charge on any atom is 0.185 e. The van der Waals surface area contributed by atoms with Crippen LogP contribution >= 0.6 is 0 Å². The van der Waals surface area contributed by atoms with Gasteiger partial charge in [-0.1, -0.05) is 58.0 Å². The van der Waals surface area contributed by atoms with Crippen molar-refractivity contribution in [2.24, 2.45) is 0 Å². The fourth-order valence-corrected chi connectivity index (χ4v) is 12.6. The predicted octanol–water partition coefficient (Wildman–Crippen LogP) is 4.59. The van der Waals surface area contributed by atoms with E-state index in [9.17, 15) is 0 Å². The highest BCUT2D eigenvalue weighted by Crippen LogP contribution is 2.18. The second-order valence-corrected chi connectivity index (χ2v) is 23.0. The number of rotatable bonds is 6. The number of nitrogens with zero attached hydrogens (tertiary/aromatic N) is 1. The van der Waals surface area contributed by atoms with Crippen molar-refractivity contribution >= 4 is 24.8 Å².